The Morgan fingerprint density at radius 1 is 1.58 bits per heavy atom. The van der Waals surface area contributed by atoms with Crippen LogP contribution in [-0.2, 0) is 11.3 Å². The first-order valence-electron chi connectivity index (χ1n) is 6.21. The molecular formula is C13H17FN4O. The molecule has 0 fully saturated rings. The molecule has 1 aromatic carbocycles. The predicted molar refractivity (Wildman–Crippen MR) is 70.8 cm³/mol. The minimum atomic E-state index is -0.316. The molecule has 0 aliphatic heterocycles. The van der Waals surface area contributed by atoms with E-state index in [1.807, 2.05) is 6.92 Å². The second kappa shape index (κ2) is 5.79. The summed E-state index contributed by atoms with van der Waals surface area (Å²) in [5, 5.41) is 2.75. The highest BCUT2D eigenvalue weighted by molar-refractivity contribution is 5.77. The Labute approximate surface area is 110 Å². The van der Waals surface area contributed by atoms with Crippen LogP contribution in [0.5, 0.6) is 0 Å². The number of hydrogen-bond donors (Lipinski definition) is 3. The number of H-pyrrole nitrogens is 1. The van der Waals surface area contributed by atoms with Crippen molar-refractivity contribution in [1.82, 2.24) is 15.3 Å². The number of nitrogens with one attached hydrogen (secondary N) is 2. The highest BCUT2D eigenvalue weighted by Crippen LogP contribution is 2.12. The summed E-state index contributed by atoms with van der Waals surface area (Å²) in [6.45, 7) is 2.16. The van der Waals surface area contributed by atoms with Gasteiger partial charge in [-0.05, 0) is 31.5 Å². The summed E-state index contributed by atoms with van der Waals surface area (Å²) in [4.78, 5) is 18.7. The molecule has 1 atom stereocenters. The van der Waals surface area contributed by atoms with Crippen molar-refractivity contribution >= 4 is 16.9 Å². The lowest BCUT2D eigenvalue weighted by molar-refractivity contribution is -0.121. The molecule has 0 aliphatic rings. The molecule has 0 saturated carbocycles. The van der Waals surface area contributed by atoms with Gasteiger partial charge in [0.2, 0.25) is 5.91 Å². The zero-order valence-corrected chi connectivity index (χ0v) is 10.7. The third-order valence-corrected chi connectivity index (χ3v) is 2.77. The molecule has 1 unspecified atom stereocenters. The van der Waals surface area contributed by atoms with E-state index in [9.17, 15) is 9.18 Å². The van der Waals surface area contributed by atoms with E-state index >= 15 is 0 Å². The third kappa shape index (κ3) is 3.75. The summed E-state index contributed by atoms with van der Waals surface area (Å²) >= 11 is 0. The first-order chi connectivity index (χ1) is 9.04. The van der Waals surface area contributed by atoms with Gasteiger partial charge in [0.15, 0.2) is 0 Å². The molecule has 6 heteroatoms. The van der Waals surface area contributed by atoms with Gasteiger partial charge in [-0.15, -0.1) is 0 Å². The highest BCUT2D eigenvalue weighted by Gasteiger charge is 2.06. The quantitative estimate of drug-likeness (QED) is 0.764. The second-order valence-electron chi connectivity index (χ2n) is 4.64. The minimum Gasteiger partial charge on any atom is -0.349 e. The van der Waals surface area contributed by atoms with Crippen molar-refractivity contribution < 1.29 is 9.18 Å². The zero-order valence-electron chi connectivity index (χ0n) is 10.7. The molecule has 102 valence electrons. The first kappa shape index (κ1) is 13.5. The number of benzene rings is 1. The number of aromatic amines is 1. The molecule has 0 radical (unpaired) electrons. The summed E-state index contributed by atoms with van der Waals surface area (Å²) in [7, 11) is 0. The van der Waals surface area contributed by atoms with Gasteiger partial charge in [-0.1, -0.05) is 0 Å². The van der Waals surface area contributed by atoms with Crippen molar-refractivity contribution in [3.63, 3.8) is 0 Å². The number of hydrogen-bond acceptors (Lipinski definition) is 3. The standard InChI is InChI=1S/C13H17FN4O/c1-8(15)2-5-13(19)16-7-12-17-10-4-3-9(14)6-11(10)18-12/h3-4,6,8H,2,5,7,15H2,1H3,(H,16,19)(H,17,18). The average Bonchev–Trinajstić information content (AvgIpc) is 2.75. The average molecular weight is 264 g/mol. The number of carbonyl (C=O) groups excluding carboxylic acids is 1. The molecule has 4 N–H and O–H groups in total. The van der Waals surface area contributed by atoms with Crippen LogP contribution < -0.4 is 11.1 Å². The molecule has 1 aromatic heterocycles. The Morgan fingerprint density at radius 3 is 3.11 bits per heavy atom. The van der Waals surface area contributed by atoms with Crippen molar-refractivity contribution in [2.45, 2.75) is 32.4 Å². The van der Waals surface area contributed by atoms with Crippen LogP contribution in [0, 0.1) is 5.82 Å². The van der Waals surface area contributed by atoms with Crippen molar-refractivity contribution in [2.24, 2.45) is 5.73 Å². The lowest BCUT2D eigenvalue weighted by Gasteiger charge is -2.05. The SMILES string of the molecule is CC(N)CCC(=O)NCc1nc2ccc(F)cc2[nH]1. The Bertz CT molecular complexity index is 579. The van der Waals surface area contributed by atoms with E-state index < -0.39 is 0 Å². The van der Waals surface area contributed by atoms with Crippen molar-refractivity contribution in [3.8, 4) is 0 Å². The Hall–Kier alpha value is -1.95. The Kier molecular flexibility index (Phi) is 4.11. The summed E-state index contributed by atoms with van der Waals surface area (Å²) < 4.78 is 13.0. The Morgan fingerprint density at radius 2 is 2.37 bits per heavy atom. The molecule has 19 heavy (non-hydrogen) atoms. The number of rotatable bonds is 5. The summed E-state index contributed by atoms with van der Waals surface area (Å²) in [6, 6.07) is 4.35. The number of amides is 1. The normalized spacial score (nSPS) is 12.6. The van der Waals surface area contributed by atoms with Crippen LogP contribution >= 0.6 is 0 Å². The van der Waals surface area contributed by atoms with E-state index in [-0.39, 0.29) is 17.8 Å². The van der Waals surface area contributed by atoms with Gasteiger partial charge in [-0.25, -0.2) is 9.37 Å². The first-order valence-corrected chi connectivity index (χ1v) is 6.21. The topological polar surface area (TPSA) is 83.8 Å². The van der Waals surface area contributed by atoms with Crippen LogP contribution in [-0.4, -0.2) is 21.9 Å². The van der Waals surface area contributed by atoms with Gasteiger partial charge in [0, 0.05) is 12.5 Å². The molecular weight excluding hydrogens is 247 g/mol. The van der Waals surface area contributed by atoms with E-state index in [0.717, 1.165) is 0 Å². The number of halogens is 1. The van der Waals surface area contributed by atoms with Crippen LogP contribution in [0.3, 0.4) is 0 Å². The van der Waals surface area contributed by atoms with Gasteiger partial charge >= 0.3 is 0 Å². The summed E-state index contributed by atoms with van der Waals surface area (Å²) in [6.07, 6.45) is 1.05. The van der Waals surface area contributed by atoms with Crippen molar-refractivity contribution in [1.29, 1.82) is 0 Å². The molecule has 1 heterocycles. The smallest absolute Gasteiger partial charge is 0.220 e. The van der Waals surface area contributed by atoms with Crippen LogP contribution in [0.4, 0.5) is 4.39 Å². The lowest BCUT2D eigenvalue weighted by Crippen LogP contribution is -2.25. The molecule has 0 bridgehead atoms. The lowest BCUT2D eigenvalue weighted by atomic mass is 10.2. The van der Waals surface area contributed by atoms with Gasteiger partial charge < -0.3 is 16.0 Å². The highest BCUT2D eigenvalue weighted by atomic mass is 19.1. The van der Waals surface area contributed by atoms with Gasteiger partial charge in [-0.3, -0.25) is 4.79 Å². The maximum atomic E-state index is 13.0. The molecule has 2 rings (SSSR count). The van der Waals surface area contributed by atoms with E-state index in [2.05, 4.69) is 15.3 Å². The molecule has 0 saturated heterocycles. The monoisotopic (exact) mass is 264 g/mol. The maximum absolute atomic E-state index is 13.0. The van der Waals surface area contributed by atoms with Crippen molar-refractivity contribution in [2.75, 3.05) is 0 Å². The minimum absolute atomic E-state index is 0.0138. The number of nitrogens with zero attached hydrogens (tertiary/aromatic N) is 1. The maximum Gasteiger partial charge on any atom is 0.220 e. The van der Waals surface area contributed by atoms with Crippen molar-refractivity contribution in [3.05, 3.63) is 29.8 Å². The van der Waals surface area contributed by atoms with E-state index in [1.54, 1.807) is 6.07 Å². The van der Waals surface area contributed by atoms with Gasteiger partial charge in [0.25, 0.3) is 0 Å². The van der Waals surface area contributed by atoms with Crippen LogP contribution in [0.2, 0.25) is 0 Å². The van der Waals surface area contributed by atoms with E-state index in [1.165, 1.54) is 12.1 Å². The zero-order chi connectivity index (χ0) is 13.8. The fraction of sp³-hybridized carbons (Fsp3) is 0.385. The van der Waals surface area contributed by atoms with E-state index in [4.69, 9.17) is 5.73 Å². The van der Waals surface area contributed by atoms with Crippen LogP contribution in [0.1, 0.15) is 25.6 Å². The van der Waals surface area contributed by atoms with Gasteiger partial charge in [0.1, 0.15) is 11.6 Å². The predicted octanol–water partition coefficient (Wildman–Crippen LogP) is 1.45. The number of imidazole rings is 1. The largest absolute Gasteiger partial charge is 0.349 e. The molecule has 0 aliphatic carbocycles. The third-order valence-electron chi connectivity index (χ3n) is 2.77. The van der Waals surface area contributed by atoms with Crippen LogP contribution in [0.25, 0.3) is 11.0 Å². The second-order valence-corrected chi connectivity index (χ2v) is 4.64. The van der Waals surface area contributed by atoms with E-state index in [0.29, 0.717) is 36.2 Å². The number of nitrogens with two attached hydrogens (primary N) is 1. The summed E-state index contributed by atoms with van der Waals surface area (Å²) in [5.74, 6) is 0.224. The van der Waals surface area contributed by atoms with Gasteiger partial charge in [-0.2, -0.15) is 0 Å². The fourth-order valence-corrected chi connectivity index (χ4v) is 1.75. The Balaban J connectivity index is 1.92. The fourth-order valence-electron chi connectivity index (χ4n) is 1.75. The molecule has 0 spiro atoms. The molecule has 1 amide bonds. The summed E-state index contributed by atoms with van der Waals surface area (Å²) in [5.41, 5.74) is 6.89. The van der Waals surface area contributed by atoms with Gasteiger partial charge in [0.05, 0.1) is 17.6 Å². The van der Waals surface area contributed by atoms with Crippen LogP contribution in [0.15, 0.2) is 18.2 Å². The molecule has 5 nitrogen and oxygen atoms in total. The number of aromatic nitrogens is 2. The number of fused-ring (bicyclic) bond motifs is 1. The number of carbonyl (C=O) groups is 1. The molecule has 2 aromatic rings.